The molecule has 0 radical (unpaired) electrons. The standard InChI is InChI=1S/C26H30N2O3/c1-31-16-5-4-7-17-15(13-16)9-10-19-22(17)24-20(14-27-26(24)30)23-18-6-2-3-8-21(18)28(11-12-29)25(19)23/h2-3,5-8,13,19-20,22-25,29H,4,9-12,14H2,1H3,(H,27,30). The van der Waals surface area contributed by atoms with Crippen LogP contribution in [0.4, 0.5) is 5.69 Å². The van der Waals surface area contributed by atoms with Gasteiger partial charge in [-0.15, -0.1) is 0 Å². The second-order valence-corrected chi connectivity index (χ2v) is 9.53. The Hall–Kier alpha value is -2.53. The third-order valence-corrected chi connectivity index (χ3v) is 8.38. The van der Waals surface area contributed by atoms with Gasteiger partial charge in [-0.05, 0) is 66.0 Å². The van der Waals surface area contributed by atoms with Crippen LogP contribution < -0.4 is 10.2 Å². The van der Waals surface area contributed by atoms with Crippen molar-refractivity contribution in [3.8, 4) is 0 Å². The fourth-order valence-electron chi connectivity index (χ4n) is 7.40. The number of rotatable bonds is 3. The van der Waals surface area contributed by atoms with Gasteiger partial charge in [0, 0.05) is 36.7 Å². The molecule has 31 heavy (non-hydrogen) atoms. The molecule has 0 bridgehead atoms. The fourth-order valence-corrected chi connectivity index (χ4v) is 7.40. The number of carbonyl (C=O) groups is 1. The topological polar surface area (TPSA) is 61.8 Å². The van der Waals surface area contributed by atoms with E-state index >= 15 is 0 Å². The van der Waals surface area contributed by atoms with Gasteiger partial charge in [-0.25, -0.2) is 0 Å². The molecule has 3 aliphatic carbocycles. The summed E-state index contributed by atoms with van der Waals surface area (Å²) in [6.45, 7) is 1.55. The summed E-state index contributed by atoms with van der Waals surface area (Å²) in [6, 6.07) is 9.01. The summed E-state index contributed by atoms with van der Waals surface area (Å²) in [5.41, 5.74) is 5.33. The Labute approximate surface area is 183 Å². The number of β-amino-alcohol motifs (C(OH)–C–C–N with tert-alkyl or cyclic N) is 1. The van der Waals surface area contributed by atoms with Crippen LogP contribution in [0.2, 0.25) is 0 Å². The molecule has 0 aromatic heterocycles. The molecule has 162 valence electrons. The highest BCUT2D eigenvalue weighted by Crippen LogP contribution is 2.61. The Kier molecular flexibility index (Phi) is 4.49. The van der Waals surface area contributed by atoms with Crippen molar-refractivity contribution in [3.63, 3.8) is 0 Å². The summed E-state index contributed by atoms with van der Waals surface area (Å²) in [7, 11) is 1.73. The van der Waals surface area contributed by atoms with Crippen LogP contribution in [0.3, 0.4) is 0 Å². The maximum atomic E-state index is 13.2. The van der Waals surface area contributed by atoms with Gasteiger partial charge in [-0.3, -0.25) is 4.79 Å². The molecule has 6 unspecified atom stereocenters. The Morgan fingerprint density at radius 1 is 1.16 bits per heavy atom. The van der Waals surface area contributed by atoms with Crippen molar-refractivity contribution < 1.29 is 14.6 Å². The molecule has 1 saturated heterocycles. The number of anilines is 1. The van der Waals surface area contributed by atoms with E-state index in [1.165, 1.54) is 22.4 Å². The van der Waals surface area contributed by atoms with Crippen LogP contribution in [0, 0.1) is 23.7 Å². The number of carbonyl (C=O) groups excluding carboxylic acids is 1. The number of nitrogens with zero attached hydrogens (tertiary/aromatic N) is 1. The van der Waals surface area contributed by atoms with Gasteiger partial charge in [0.2, 0.25) is 5.91 Å². The molecule has 2 aliphatic heterocycles. The lowest BCUT2D eigenvalue weighted by Gasteiger charge is -2.52. The lowest BCUT2D eigenvalue weighted by Crippen LogP contribution is -2.55. The van der Waals surface area contributed by atoms with E-state index in [0.717, 1.165) is 31.6 Å². The van der Waals surface area contributed by atoms with Crippen LogP contribution in [-0.4, -0.2) is 43.9 Å². The Morgan fingerprint density at radius 2 is 2.03 bits per heavy atom. The number of hydrogen-bond acceptors (Lipinski definition) is 4. The van der Waals surface area contributed by atoms with E-state index in [9.17, 15) is 9.90 Å². The van der Waals surface area contributed by atoms with E-state index < -0.39 is 0 Å². The molecule has 0 spiro atoms. The summed E-state index contributed by atoms with van der Waals surface area (Å²) < 4.78 is 5.56. The first kappa shape index (κ1) is 19.2. The van der Waals surface area contributed by atoms with E-state index in [1.54, 1.807) is 7.11 Å². The van der Waals surface area contributed by atoms with E-state index in [-0.39, 0.29) is 24.3 Å². The van der Waals surface area contributed by atoms with Crippen molar-refractivity contribution in [1.29, 1.82) is 0 Å². The molecule has 2 heterocycles. The van der Waals surface area contributed by atoms with Gasteiger partial charge in [0.25, 0.3) is 0 Å². The number of allylic oxidation sites excluding steroid dienone is 5. The van der Waals surface area contributed by atoms with Crippen LogP contribution in [0.25, 0.3) is 0 Å². The summed E-state index contributed by atoms with van der Waals surface area (Å²) >= 11 is 0. The van der Waals surface area contributed by atoms with Crippen molar-refractivity contribution in [1.82, 2.24) is 5.32 Å². The number of methoxy groups -OCH3 is 1. The Morgan fingerprint density at radius 3 is 2.87 bits per heavy atom. The van der Waals surface area contributed by atoms with Gasteiger partial charge in [0.05, 0.1) is 19.6 Å². The van der Waals surface area contributed by atoms with E-state index in [2.05, 4.69) is 52.7 Å². The Bertz CT molecular complexity index is 1010. The third kappa shape index (κ3) is 2.68. The van der Waals surface area contributed by atoms with Crippen molar-refractivity contribution in [2.24, 2.45) is 23.7 Å². The smallest absolute Gasteiger partial charge is 0.224 e. The number of ether oxygens (including phenoxy) is 1. The van der Waals surface area contributed by atoms with Crippen molar-refractivity contribution in [2.75, 3.05) is 31.7 Å². The number of para-hydroxylation sites is 1. The van der Waals surface area contributed by atoms with Gasteiger partial charge >= 0.3 is 0 Å². The molecule has 6 atom stereocenters. The monoisotopic (exact) mass is 418 g/mol. The zero-order valence-electron chi connectivity index (χ0n) is 18.0. The molecule has 1 aromatic carbocycles. The highest BCUT2D eigenvalue weighted by molar-refractivity contribution is 5.83. The molecule has 1 aromatic rings. The van der Waals surface area contributed by atoms with E-state index in [1.807, 2.05) is 0 Å². The van der Waals surface area contributed by atoms with Crippen molar-refractivity contribution in [3.05, 3.63) is 65.0 Å². The molecule has 6 rings (SSSR count). The fraction of sp³-hybridized carbons (Fsp3) is 0.500. The number of aliphatic hydroxyl groups is 1. The first-order valence-electron chi connectivity index (χ1n) is 11.6. The maximum absolute atomic E-state index is 13.2. The number of benzene rings is 1. The number of amides is 1. The van der Waals surface area contributed by atoms with Gasteiger partial charge in [-0.2, -0.15) is 0 Å². The quantitative estimate of drug-likeness (QED) is 0.792. The van der Waals surface area contributed by atoms with Gasteiger partial charge in [0.15, 0.2) is 0 Å². The average molecular weight is 419 g/mol. The SMILES string of the molecule is COC1=CCC=C2C(=C1)CCC1C2C2C(=O)NCC2C2c3ccccc3N(CCO)C12. The Balaban J connectivity index is 1.49. The number of nitrogens with one attached hydrogen (secondary N) is 1. The third-order valence-electron chi connectivity index (χ3n) is 8.38. The lowest BCUT2D eigenvalue weighted by atomic mass is 9.54. The predicted molar refractivity (Wildman–Crippen MR) is 119 cm³/mol. The first-order chi connectivity index (χ1) is 15.2. The van der Waals surface area contributed by atoms with Gasteiger partial charge in [-0.1, -0.05) is 24.3 Å². The van der Waals surface area contributed by atoms with Crippen LogP contribution in [0.5, 0.6) is 0 Å². The van der Waals surface area contributed by atoms with Crippen LogP contribution >= 0.6 is 0 Å². The molecule has 1 amide bonds. The number of aliphatic hydroxyl groups excluding tert-OH is 1. The molecule has 3 fully saturated rings. The number of fused-ring (bicyclic) bond motifs is 10. The highest BCUT2D eigenvalue weighted by Gasteiger charge is 2.61. The summed E-state index contributed by atoms with van der Waals surface area (Å²) in [6.07, 6.45) is 9.59. The molecule has 5 heteroatoms. The highest BCUT2D eigenvalue weighted by atomic mass is 16.5. The normalized spacial score (nSPS) is 35.4. The summed E-state index contributed by atoms with van der Waals surface area (Å²) in [4.78, 5) is 15.7. The first-order valence-corrected chi connectivity index (χ1v) is 11.6. The zero-order chi connectivity index (χ0) is 21.1. The maximum Gasteiger partial charge on any atom is 0.224 e. The largest absolute Gasteiger partial charge is 0.497 e. The van der Waals surface area contributed by atoms with Crippen molar-refractivity contribution in [2.45, 2.75) is 31.2 Å². The average Bonchev–Trinajstić information content (AvgIpc) is 3.23. The molecular weight excluding hydrogens is 388 g/mol. The number of hydrogen-bond donors (Lipinski definition) is 2. The van der Waals surface area contributed by atoms with Crippen LogP contribution in [0.15, 0.2) is 59.4 Å². The molecule has 5 aliphatic rings. The summed E-state index contributed by atoms with van der Waals surface area (Å²) in [5, 5.41) is 13.1. The summed E-state index contributed by atoms with van der Waals surface area (Å²) in [5.74, 6) is 2.45. The second-order valence-electron chi connectivity index (χ2n) is 9.53. The van der Waals surface area contributed by atoms with E-state index in [0.29, 0.717) is 30.3 Å². The molecule has 5 nitrogen and oxygen atoms in total. The minimum absolute atomic E-state index is 0.0208. The van der Waals surface area contributed by atoms with Gasteiger partial charge in [0.1, 0.15) is 5.76 Å². The molecule has 2 N–H and O–H groups in total. The van der Waals surface area contributed by atoms with Crippen molar-refractivity contribution >= 4 is 11.6 Å². The molecule has 2 saturated carbocycles. The minimum atomic E-state index is 0.0208. The van der Waals surface area contributed by atoms with Gasteiger partial charge < -0.3 is 20.1 Å². The molecular formula is C26H30N2O3. The van der Waals surface area contributed by atoms with Crippen LogP contribution in [-0.2, 0) is 9.53 Å². The minimum Gasteiger partial charge on any atom is -0.497 e. The second kappa shape index (κ2) is 7.27. The van der Waals surface area contributed by atoms with E-state index in [4.69, 9.17) is 4.74 Å². The van der Waals surface area contributed by atoms with Crippen LogP contribution in [0.1, 0.15) is 30.7 Å². The zero-order valence-corrected chi connectivity index (χ0v) is 18.0. The predicted octanol–water partition coefficient (Wildman–Crippen LogP) is 3.14. The lowest BCUT2D eigenvalue weighted by molar-refractivity contribution is -0.126.